The minimum absolute atomic E-state index is 0.175. The fourth-order valence-corrected chi connectivity index (χ4v) is 7.78. The van der Waals surface area contributed by atoms with Gasteiger partial charge >= 0.3 is 0 Å². The molecule has 0 bridgehead atoms. The number of fused-ring (bicyclic) bond motifs is 3. The average Bonchev–Trinajstić information content (AvgIpc) is 3.30. The monoisotopic (exact) mass is 503 g/mol. The van der Waals surface area contributed by atoms with Gasteiger partial charge in [0.2, 0.25) is 0 Å². The summed E-state index contributed by atoms with van der Waals surface area (Å²) in [7, 11) is 0. The second kappa shape index (κ2) is 9.84. The summed E-state index contributed by atoms with van der Waals surface area (Å²) in [4.78, 5) is 0. The maximum absolute atomic E-state index is 4.83. The van der Waals surface area contributed by atoms with E-state index in [1.165, 1.54) is 48.9 Å². The van der Waals surface area contributed by atoms with Crippen molar-refractivity contribution in [3.05, 3.63) is 107 Å². The van der Waals surface area contributed by atoms with E-state index < -0.39 is 0 Å². The predicted octanol–water partition coefficient (Wildman–Crippen LogP) is 8.37. The highest BCUT2D eigenvalue weighted by Crippen LogP contribution is 2.58. The summed E-state index contributed by atoms with van der Waals surface area (Å²) in [6, 6.07) is 28.7. The van der Waals surface area contributed by atoms with Crippen LogP contribution in [0.1, 0.15) is 87.2 Å². The quantitative estimate of drug-likeness (QED) is 0.265. The van der Waals surface area contributed by atoms with Crippen molar-refractivity contribution in [3.8, 4) is 11.3 Å². The highest BCUT2D eigenvalue weighted by molar-refractivity contribution is 5.61. The molecule has 2 aliphatic rings. The standard InChI is InChI=1S/C35H41N3/c1-25(2)28-16-18-30-29(23-28)17-19-32-34(3,20-11-21-35(30,32)4)24-38-31(22-26-12-7-5-8-13-26)33(36-37-38)27-14-9-6-10-15-27/h5-10,12-16,18,23,25,32H,11,17,19-22,24H2,1-4H3/t32-,34-,35+/m0/s1. The van der Waals surface area contributed by atoms with Gasteiger partial charge in [0.15, 0.2) is 0 Å². The van der Waals surface area contributed by atoms with Crippen molar-refractivity contribution in [2.45, 2.75) is 84.1 Å². The Balaban J connectivity index is 1.37. The molecule has 1 saturated carbocycles. The van der Waals surface area contributed by atoms with E-state index in [4.69, 9.17) is 10.3 Å². The van der Waals surface area contributed by atoms with Crippen LogP contribution >= 0.6 is 0 Å². The SMILES string of the molecule is CC(C)c1ccc2c(c1)CC[C@H]1[C@](C)(Cn3nnc(-c4ccccc4)c3Cc3ccccc3)CCC[C@]21C. The molecular formula is C35H41N3. The Morgan fingerprint density at radius 1 is 0.921 bits per heavy atom. The topological polar surface area (TPSA) is 30.7 Å². The molecule has 3 aromatic carbocycles. The van der Waals surface area contributed by atoms with E-state index in [0.29, 0.717) is 11.8 Å². The number of aromatic nitrogens is 3. The Morgan fingerprint density at radius 3 is 2.39 bits per heavy atom. The van der Waals surface area contributed by atoms with E-state index in [1.807, 2.05) is 0 Å². The molecular weight excluding hydrogens is 462 g/mol. The average molecular weight is 504 g/mol. The highest BCUT2D eigenvalue weighted by Gasteiger charge is 2.52. The fourth-order valence-electron chi connectivity index (χ4n) is 7.78. The normalized spacial score (nSPS) is 24.7. The first-order valence-electron chi connectivity index (χ1n) is 14.5. The summed E-state index contributed by atoms with van der Waals surface area (Å²) >= 11 is 0. The Kier molecular flexibility index (Phi) is 6.50. The van der Waals surface area contributed by atoms with E-state index in [1.54, 1.807) is 11.1 Å². The van der Waals surface area contributed by atoms with Crippen LogP contribution in [0.2, 0.25) is 0 Å². The number of rotatable bonds is 6. The maximum atomic E-state index is 4.83. The number of nitrogens with zero attached hydrogens (tertiary/aromatic N) is 3. The number of benzene rings is 3. The van der Waals surface area contributed by atoms with E-state index in [-0.39, 0.29) is 10.8 Å². The highest BCUT2D eigenvalue weighted by atomic mass is 15.4. The van der Waals surface area contributed by atoms with Gasteiger partial charge in [0.25, 0.3) is 0 Å². The largest absolute Gasteiger partial charge is 0.248 e. The van der Waals surface area contributed by atoms with Crippen molar-refractivity contribution in [2.24, 2.45) is 11.3 Å². The van der Waals surface area contributed by atoms with Crippen LogP contribution in [0.4, 0.5) is 0 Å². The third-order valence-electron chi connectivity index (χ3n) is 9.78. The molecule has 2 aliphatic carbocycles. The number of hydrogen-bond acceptors (Lipinski definition) is 2. The lowest BCUT2D eigenvalue weighted by Crippen LogP contribution is -2.50. The van der Waals surface area contributed by atoms with Crippen LogP contribution in [0.25, 0.3) is 11.3 Å². The van der Waals surface area contributed by atoms with Gasteiger partial charge in [0, 0.05) is 18.5 Å². The van der Waals surface area contributed by atoms with Crippen LogP contribution in [0, 0.1) is 11.3 Å². The van der Waals surface area contributed by atoms with Crippen LogP contribution in [0.15, 0.2) is 78.9 Å². The Hall–Kier alpha value is -3.20. The maximum Gasteiger partial charge on any atom is 0.116 e. The summed E-state index contributed by atoms with van der Waals surface area (Å²) < 4.78 is 2.26. The van der Waals surface area contributed by atoms with Crippen molar-refractivity contribution in [1.29, 1.82) is 0 Å². The minimum atomic E-state index is 0.175. The number of hydrogen-bond donors (Lipinski definition) is 0. The summed E-state index contributed by atoms with van der Waals surface area (Å²) in [5, 5.41) is 9.61. The molecule has 4 aromatic rings. The zero-order chi connectivity index (χ0) is 26.3. The molecule has 1 heterocycles. The molecule has 1 fully saturated rings. The van der Waals surface area contributed by atoms with Crippen molar-refractivity contribution in [2.75, 3.05) is 0 Å². The minimum Gasteiger partial charge on any atom is -0.248 e. The molecule has 6 rings (SSSR count). The van der Waals surface area contributed by atoms with Gasteiger partial charge in [0.05, 0.1) is 5.69 Å². The van der Waals surface area contributed by atoms with Gasteiger partial charge in [-0.15, -0.1) is 5.10 Å². The summed E-state index contributed by atoms with van der Waals surface area (Å²) in [6.45, 7) is 10.6. The first kappa shape index (κ1) is 25.1. The summed E-state index contributed by atoms with van der Waals surface area (Å²) in [5.41, 5.74) is 9.78. The lowest BCUT2D eigenvalue weighted by atomic mass is 9.49. The van der Waals surface area contributed by atoms with E-state index >= 15 is 0 Å². The molecule has 0 spiro atoms. The first-order chi connectivity index (χ1) is 18.4. The van der Waals surface area contributed by atoms with Gasteiger partial charge in [-0.25, -0.2) is 4.68 Å². The second-order valence-corrected chi connectivity index (χ2v) is 12.7. The zero-order valence-corrected chi connectivity index (χ0v) is 23.5. The van der Waals surface area contributed by atoms with Gasteiger partial charge < -0.3 is 0 Å². The second-order valence-electron chi connectivity index (χ2n) is 12.7. The van der Waals surface area contributed by atoms with E-state index in [0.717, 1.165) is 24.2 Å². The van der Waals surface area contributed by atoms with Crippen LogP contribution in [0.3, 0.4) is 0 Å². The molecule has 3 heteroatoms. The van der Waals surface area contributed by atoms with Gasteiger partial charge in [0.1, 0.15) is 5.69 Å². The Morgan fingerprint density at radius 2 is 1.66 bits per heavy atom. The van der Waals surface area contributed by atoms with Crippen molar-refractivity contribution in [1.82, 2.24) is 15.0 Å². The van der Waals surface area contributed by atoms with Crippen LogP contribution < -0.4 is 0 Å². The van der Waals surface area contributed by atoms with Crippen LogP contribution in [-0.2, 0) is 24.8 Å². The van der Waals surface area contributed by atoms with Gasteiger partial charge in [-0.1, -0.05) is 118 Å². The molecule has 0 unspecified atom stereocenters. The van der Waals surface area contributed by atoms with Crippen LogP contribution in [-0.4, -0.2) is 15.0 Å². The first-order valence-corrected chi connectivity index (χ1v) is 14.5. The molecule has 0 radical (unpaired) electrons. The third kappa shape index (κ3) is 4.40. The Bertz CT molecular complexity index is 1400. The lowest BCUT2D eigenvalue weighted by molar-refractivity contribution is 0.00839. The smallest absolute Gasteiger partial charge is 0.116 e. The lowest BCUT2D eigenvalue weighted by Gasteiger charge is -2.55. The molecule has 3 nitrogen and oxygen atoms in total. The van der Waals surface area contributed by atoms with Gasteiger partial charge in [-0.05, 0) is 70.6 Å². The summed E-state index contributed by atoms with van der Waals surface area (Å²) in [6.07, 6.45) is 7.09. The van der Waals surface area contributed by atoms with Crippen molar-refractivity contribution in [3.63, 3.8) is 0 Å². The van der Waals surface area contributed by atoms with Crippen molar-refractivity contribution < 1.29 is 0 Å². The third-order valence-corrected chi connectivity index (χ3v) is 9.78. The van der Waals surface area contributed by atoms with E-state index in [2.05, 4.69) is 111 Å². The molecule has 1 aromatic heterocycles. The molecule has 0 aliphatic heterocycles. The van der Waals surface area contributed by atoms with Gasteiger partial charge in [-0.3, -0.25) is 0 Å². The number of aryl methyl sites for hydroxylation is 1. The Labute approximate surface area is 228 Å². The molecule has 196 valence electrons. The summed E-state index contributed by atoms with van der Waals surface area (Å²) in [5.74, 6) is 1.21. The molecule has 0 saturated heterocycles. The van der Waals surface area contributed by atoms with Crippen molar-refractivity contribution >= 4 is 0 Å². The molecule has 0 N–H and O–H groups in total. The fraction of sp³-hybridized carbons (Fsp3) is 0.429. The molecule has 38 heavy (non-hydrogen) atoms. The predicted molar refractivity (Wildman–Crippen MR) is 156 cm³/mol. The van der Waals surface area contributed by atoms with Gasteiger partial charge in [-0.2, -0.15) is 0 Å². The molecule has 0 amide bonds. The zero-order valence-electron chi connectivity index (χ0n) is 23.5. The van der Waals surface area contributed by atoms with E-state index in [9.17, 15) is 0 Å². The van der Waals surface area contributed by atoms with Crippen LogP contribution in [0.5, 0.6) is 0 Å². The molecule has 3 atom stereocenters.